The second-order valence-electron chi connectivity index (χ2n) is 7.14. The molecule has 29 heavy (non-hydrogen) atoms. The predicted octanol–water partition coefficient (Wildman–Crippen LogP) is 2.54. The summed E-state index contributed by atoms with van der Waals surface area (Å²) >= 11 is 0. The molecule has 2 atom stereocenters. The third-order valence-electron chi connectivity index (χ3n) is 4.75. The first-order valence-electron chi connectivity index (χ1n) is 9.95. The summed E-state index contributed by atoms with van der Waals surface area (Å²) in [5.74, 6) is -1.77. The summed E-state index contributed by atoms with van der Waals surface area (Å²) in [4.78, 5) is 50.0. The number of anilines is 1. The Morgan fingerprint density at radius 3 is 2.59 bits per heavy atom. The fourth-order valence-corrected chi connectivity index (χ4v) is 3.16. The topological polar surface area (TPSA) is 113 Å². The lowest BCUT2D eigenvalue weighted by atomic mass is 10.0. The van der Waals surface area contributed by atoms with E-state index in [0.29, 0.717) is 42.7 Å². The Morgan fingerprint density at radius 1 is 1.24 bits per heavy atom. The molecule has 8 heteroatoms. The average molecular weight is 404 g/mol. The van der Waals surface area contributed by atoms with E-state index in [1.54, 1.807) is 25.1 Å². The van der Waals surface area contributed by atoms with E-state index in [4.69, 9.17) is 4.74 Å². The van der Waals surface area contributed by atoms with Crippen LogP contribution < -0.4 is 15.0 Å². The minimum atomic E-state index is -1.11. The first kappa shape index (κ1) is 22.4. The average Bonchev–Trinajstić information content (AvgIpc) is 2.68. The third-order valence-corrected chi connectivity index (χ3v) is 4.75. The quantitative estimate of drug-likeness (QED) is 0.580. The lowest BCUT2D eigenvalue weighted by molar-refractivity contribution is -0.141. The third kappa shape index (κ3) is 5.56. The van der Waals surface area contributed by atoms with Gasteiger partial charge in [-0.3, -0.25) is 19.3 Å². The molecule has 0 radical (unpaired) electrons. The molecule has 1 heterocycles. The number of amides is 2. The highest BCUT2D eigenvalue weighted by atomic mass is 16.5. The maximum Gasteiger partial charge on any atom is 0.326 e. The van der Waals surface area contributed by atoms with Gasteiger partial charge in [0.25, 0.3) is 5.91 Å². The number of rotatable bonds is 10. The number of nitrogens with one attached hydrogen (secondary N) is 1. The molecule has 8 nitrogen and oxygen atoms in total. The minimum absolute atomic E-state index is 0.0590. The van der Waals surface area contributed by atoms with Crippen molar-refractivity contribution in [1.82, 2.24) is 5.32 Å². The van der Waals surface area contributed by atoms with Crippen molar-refractivity contribution >= 4 is 29.3 Å². The molecule has 0 spiro atoms. The molecule has 1 aliphatic rings. The molecule has 1 aliphatic heterocycles. The molecule has 0 aliphatic carbocycles. The Hall–Kier alpha value is -2.90. The predicted molar refractivity (Wildman–Crippen MR) is 107 cm³/mol. The number of ether oxygens (including phenoxy) is 1. The Morgan fingerprint density at radius 2 is 1.97 bits per heavy atom. The van der Waals surface area contributed by atoms with Crippen LogP contribution >= 0.6 is 0 Å². The maximum absolute atomic E-state index is 12.6. The molecular weight excluding hydrogens is 376 g/mol. The maximum atomic E-state index is 12.6. The molecular formula is C21H28N2O6. The van der Waals surface area contributed by atoms with Crippen molar-refractivity contribution in [3.8, 4) is 5.75 Å². The number of nitrogens with zero attached hydrogens (tertiary/aromatic N) is 1. The number of benzene rings is 1. The highest BCUT2D eigenvalue weighted by Gasteiger charge is 2.34. The second kappa shape index (κ2) is 10.0. The summed E-state index contributed by atoms with van der Waals surface area (Å²) in [7, 11) is 0. The Labute approximate surface area is 170 Å². The van der Waals surface area contributed by atoms with Crippen LogP contribution in [0.2, 0.25) is 0 Å². The number of carbonyl (C=O) groups is 4. The summed E-state index contributed by atoms with van der Waals surface area (Å²) in [6.45, 7) is 5.07. The van der Waals surface area contributed by atoms with Gasteiger partial charge in [0.2, 0.25) is 5.91 Å². The molecule has 0 bridgehead atoms. The Kier molecular flexibility index (Phi) is 7.75. The van der Waals surface area contributed by atoms with Gasteiger partial charge in [0, 0.05) is 12.0 Å². The van der Waals surface area contributed by atoms with Gasteiger partial charge in [-0.15, -0.1) is 0 Å². The summed E-state index contributed by atoms with van der Waals surface area (Å²) in [6, 6.07) is 3.81. The van der Waals surface area contributed by atoms with Gasteiger partial charge in [-0.1, -0.05) is 26.7 Å². The molecule has 2 N–H and O–H groups in total. The van der Waals surface area contributed by atoms with Crippen molar-refractivity contribution in [3.05, 3.63) is 23.8 Å². The smallest absolute Gasteiger partial charge is 0.326 e. The number of hydrogen-bond donors (Lipinski definition) is 2. The van der Waals surface area contributed by atoms with Crippen LogP contribution in [0.3, 0.4) is 0 Å². The highest BCUT2D eigenvalue weighted by molar-refractivity contribution is 6.05. The van der Waals surface area contributed by atoms with Crippen LogP contribution in [0.4, 0.5) is 5.69 Å². The molecule has 0 aromatic heterocycles. The van der Waals surface area contributed by atoms with E-state index in [1.165, 1.54) is 4.90 Å². The minimum Gasteiger partial charge on any atom is -0.480 e. The van der Waals surface area contributed by atoms with Crippen LogP contribution in [-0.4, -0.2) is 47.4 Å². The van der Waals surface area contributed by atoms with E-state index in [2.05, 4.69) is 5.32 Å². The number of carbonyl (C=O) groups excluding carboxylic acids is 3. The van der Waals surface area contributed by atoms with Gasteiger partial charge in [0.15, 0.2) is 11.9 Å². The van der Waals surface area contributed by atoms with Crippen LogP contribution in [0, 0.1) is 0 Å². The van der Waals surface area contributed by atoms with Gasteiger partial charge < -0.3 is 15.2 Å². The lowest BCUT2D eigenvalue weighted by Gasteiger charge is -2.33. The largest absolute Gasteiger partial charge is 0.480 e. The second-order valence-corrected chi connectivity index (χ2v) is 7.14. The molecule has 0 saturated heterocycles. The zero-order valence-corrected chi connectivity index (χ0v) is 17.1. The van der Waals surface area contributed by atoms with Crippen LogP contribution in [0.25, 0.3) is 0 Å². The van der Waals surface area contributed by atoms with Crippen LogP contribution in [0.15, 0.2) is 18.2 Å². The summed E-state index contributed by atoms with van der Waals surface area (Å²) in [6.07, 6.45) is 2.07. The van der Waals surface area contributed by atoms with Crippen molar-refractivity contribution in [2.45, 2.75) is 65.0 Å². The van der Waals surface area contributed by atoms with Gasteiger partial charge in [0.05, 0.1) is 5.69 Å². The number of aliphatic carboxylic acids is 1. The first-order chi connectivity index (χ1) is 13.8. The summed E-state index contributed by atoms with van der Waals surface area (Å²) in [5, 5.41) is 11.8. The fraction of sp³-hybridized carbons (Fsp3) is 0.524. The molecule has 2 rings (SSSR count). The molecule has 158 valence electrons. The molecule has 2 unspecified atom stereocenters. The zero-order valence-electron chi connectivity index (χ0n) is 17.1. The fourth-order valence-electron chi connectivity index (χ4n) is 3.16. The van der Waals surface area contributed by atoms with E-state index in [9.17, 15) is 24.3 Å². The van der Waals surface area contributed by atoms with Crippen molar-refractivity contribution in [1.29, 1.82) is 0 Å². The number of carboxylic acid groups (broad SMARTS) is 1. The molecule has 1 aromatic rings. The Bertz CT molecular complexity index is 791. The summed E-state index contributed by atoms with van der Waals surface area (Å²) in [5.41, 5.74) is 0.777. The van der Waals surface area contributed by atoms with E-state index >= 15 is 0 Å². The van der Waals surface area contributed by atoms with Crippen LogP contribution in [0.1, 0.15) is 63.2 Å². The normalized spacial score (nSPS) is 16.6. The molecule has 0 saturated carbocycles. The Balaban J connectivity index is 2.24. The van der Waals surface area contributed by atoms with Crippen molar-refractivity contribution in [2.75, 3.05) is 11.4 Å². The highest BCUT2D eigenvalue weighted by Crippen LogP contribution is 2.35. The molecule has 2 amide bonds. The van der Waals surface area contributed by atoms with Gasteiger partial charge in [-0.2, -0.15) is 0 Å². The van der Waals surface area contributed by atoms with Crippen molar-refractivity contribution in [2.24, 2.45) is 0 Å². The van der Waals surface area contributed by atoms with Crippen LogP contribution in [0.5, 0.6) is 5.75 Å². The summed E-state index contributed by atoms with van der Waals surface area (Å²) < 4.78 is 5.59. The van der Waals surface area contributed by atoms with Gasteiger partial charge in [-0.25, -0.2) is 4.79 Å². The van der Waals surface area contributed by atoms with Crippen molar-refractivity contribution in [3.63, 3.8) is 0 Å². The number of carboxylic acids is 1. The molecule has 1 aromatic carbocycles. The monoisotopic (exact) mass is 404 g/mol. The number of Topliss-reactive ketones (excluding diaryl/α,β-unsaturated/α-hetero) is 1. The number of unbranched alkanes of at least 4 members (excludes halogenated alkanes) is 1. The van der Waals surface area contributed by atoms with Gasteiger partial charge >= 0.3 is 5.97 Å². The van der Waals surface area contributed by atoms with Crippen molar-refractivity contribution < 1.29 is 29.0 Å². The van der Waals surface area contributed by atoms with E-state index < -0.39 is 29.9 Å². The van der Waals surface area contributed by atoms with Crippen LogP contribution in [-0.2, 0) is 14.4 Å². The van der Waals surface area contributed by atoms with E-state index in [-0.39, 0.29) is 12.3 Å². The zero-order chi connectivity index (χ0) is 21.6. The standard InChI is InChI=1S/C21H28N2O6/c1-4-6-8-15(21(27)28)22-19(25)12-23-16-11-14(17(24)7-5-2)9-10-18(16)29-13(3)20(23)26/h9-11,13,15H,4-8,12H2,1-3H3,(H,22,25)(H,27,28). The SMILES string of the molecule is CCCCC(NC(=O)CN1C(=O)C(C)Oc2ccc(C(=O)CCC)cc21)C(=O)O. The number of hydrogen-bond acceptors (Lipinski definition) is 5. The first-order valence-corrected chi connectivity index (χ1v) is 9.95. The van der Waals surface area contributed by atoms with E-state index in [1.807, 2.05) is 13.8 Å². The van der Waals surface area contributed by atoms with Gasteiger partial charge in [-0.05, 0) is 38.0 Å². The lowest BCUT2D eigenvalue weighted by Crippen LogP contribution is -2.51. The molecule has 0 fully saturated rings. The number of ketones is 1. The van der Waals surface area contributed by atoms with Gasteiger partial charge in [0.1, 0.15) is 18.3 Å². The van der Waals surface area contributed by atoms with E-state index in [0.717, 1.165) is 6.42 Å². The number of fused-ring (bicyclic) bond motifs is 1.